The first-order chi connectivity index (χ1) is 9.74. The van der Waals surface area contributed by atoms with Crippen LogP contribution in [0.5, 0.6) is 0 Å². The smallest absolute Gasteiger partial charge is 0.156 e. The van der Waals surface area contributed by atoms with E-state index in [0.29, 0.717) is 22.8 Å². The van der Waals surface area contributed by atoms with Crippen LogP contribution in [0, 0.1) is 11.3 Å². The third-order valence-corrected chi connectivity index (χ3v) is 2.76. The molecule has 0 aromatic heterocycles. The van der Waals surface area contributed by atoms with Gasteiger partial charge in [0.2, 0.25) is 0 Å². The van der Waals surface area contributed by atoms with Crippen molar-refractivity contribution in [1.82, 2.24) is 0 Å². The predicted octanol–water partition coefficient (Wildman–Crippen LogP) is 2.34. The number of rotatable bonds is 2. The minimum Gasteiger partial charge on any atom is -0.383 e. The zero-order chi connectivity index (χ0) is 14.4. The first kappa shape index (κ1) is 13.5. The molecule has 0 heterocycles. The van der Waals surface area contributed by atoms with Gasteiger partial charge in [-0.05, 0) is 12.1 Å². The van der Waals surface area contributed by atoms with E-state index in [-0.39, 0.29) is 0 Å². The van der Waals surface area contributed by atoms with Crippen LogP contribution >= 0.6 is 0 Å². The Balaban J connectivity index is 2.36. The first-order valence-electron chi connectivity index (χ1n) is 6.11. The Morgan fingerprint density at radius 2 is 1.75 bits per heavy atom. The molecule has 0 atom stereocenters. The van der Waals surface area contributed by atoms with E-state index in [1.807, 2.05) is 36.4 Å². The van der Waals surface area contributed by atoms with Crippen molar-refractivity contribution in [1.29, 1.82) is 5.26 Å². The monoisotopic (exact) mass is 262 g/mol. The molecule has 0 radical (unpaired) electrons. The van der Waals surface area contributed by atoms with E-state index in [1.165, 1.54) is 0 Å². The molecule has 2 aromatic carbocycles. The van der Waals surface area contributed by atoms with Gasteiger partial charge in [-0.3, -0.25) is 4.99 Å². The molecule has 2 aromatic rings. The lowest BCUT2D eigenvalue weighted by molar-refractivity contribution is 1.37. The Bertz CT molecular complexity index is 694. The molecule has 0 saturated heterocycles. The number of hydrogen-bond acceptors (Lipinski definition) is 2. The standard InChI is InChI=1S/C16H14N4/c1-19-16(13-7-3-2-4-8-13)20-15(18)14-9-5-6-12(10-14)11-17/h2-10H,1H3,(H2,18,19,20). The maximum Gasteiger partial charge on any atom is 0.156 e. The molecule has 0 amide bonds. The number of benzene rings is 2. The van der Waals surface area contributed by atoms with Gasteiger partial charge in [-0.1, -0.05) is 42.5 Å². The molecule has 0 unspecified atom stereocenters. The number of nitrogens with two attached hydrogens (primary N) is 1. The average molecular weight is 262 g/mol. The fraction of sp³-hybridized carbons (Fsp3) is 0.0625. The van der Waals surface area contributed by atoms with Crippen molar-refractivity contribution in [3.63, 3.8) is 0 Å². The second-order valence-corrected chi connectivity index (χ2v) is 4.10. The molecule has 0 aliphatic heterocycles. The highest BCUT2D eigenvalue weighted by Gasteiger charge is 2.04. The highest BCUT2D eigenvalue weighted by Crippen LogP contribution is 2.07. The molecule has 0 spiro atoms. The zero-order valence-corrected chi connectivity index (χ0v) is 11.1. The molecule has 0 fully saturated rings. The molecular formula is C16H14N4. The molecule has 4 nitrogen and oxygen atoms in total. The van der Waals surface area contributed by atoms with E-state index < -0.39 is 0 Å². The summed E-state index contributed by atoms with van der Waals surface area (Å²) in [7, 11) is 1.67. The fourth-order valence-corrected chi connectivity index (χ4v) is 1.76. The molecule has 98 valence electrons. The van der Waals surface area contributed by atoms with Gasteiger partial charge in [0.05, 0.1) is 11.6 Å². The third kappa shape index (κ3) is 3.09. The van der Waals surface area contributed by atoms with E-state index in [1.54, 1.807) is 25.2 Å². The van der Waals surface area contributed by atoms with Gasteiger partial charge in [-0.25, -0.2) is 4.99 Å². The molecule has 0 bridgehead atoms. The summed E-state index contributed by atoms with van der Waals surface area (Å²) < 4.78 is 0. The minimum absolute atomic E-state index is 0.339. The summed E-state index contributed by atoms with van der Waals surface area (Å²) in [5.74, 6) is 0.900. The maximum absolute atomic E-state index is 8.90. The lowest BCUT2D eigenvalue weighted by Gasteiger charge is -2.04. The van der Waals surface area contributed by atoms with Gasteiger partial charge in [0, 0.05) is 18.2 Å². The average Bonchev–Trinajstić information content (AvgIpc) is 2.53. The quantitative estimate of drug-likeness (QED) is 0.666. The topological polar surface area (TPSA) is 74.5 Å². The van der Waals surface area contributed by atoms with Crippen LogP contribution in [-0.2, 0) is 0 Å². The largest absolute Gasteiger partial charge is 0.383 e. The predicted molar refractivity (Wildman–Crippen MR) is 80.8 cm³/mol. The van der Waals surface area contributed by atoms with E-state index in [2.05, 4.69) is 16.1 Å². The van der Waals surface area contributed by atoms with Gasteiger partial charge in [0.25, 0.3) is 0 Å². The van der Waals surface area contributed by atoms with Crippen LogP contribution in [0.15, 0.2) is 64.6 Å². The number of amidine groups is 2. The molecule has 2 rings (SSSR count). The van der Waals surface area contributed by atoms with Crippen molar-refractivity contribution >= 4 is 11.7 Å². The van der Waals surface area contributed by atoms with Crippen molar-refractivity contribution in [3.8, 4) is 6.07 Å². The fourth-order valence-electron chi connectivity index (χ4n) is 1.76. The summed E-state index contributed by atoms with van der Waals surface area (Å²) in [6, 6.07) is 18.7. The first-order valence-corrected chi connectivity index (χ1v) is 6.11. The Hall–Kier alpha value is -2.93. The van der Waals surface area contributed by atoms with Gasteiger partial charge in [0.1, 0.15) is 5.84 Å². The van der Waals surface area contributed by atoms with E-state index in [0.717, 1.165) is 5.56 Å². The van der Waals surface area contributed by atoms with E-state index >= 15 is 0 Å². The second kappa shape index (κ2) is 6.30. The van der Waals surface area contributed by atoms with E-state index in [9.17, 15) is 0 Å². The number of hydrogen-bond donors (Lipinski definition) is 1. The summed E-state index contributed by atoms with van der Waals surface area (Å²) in [5.41, 5.74) is 8.15. The Morgan fingerprint density at radius 3 is 2.40 bits per heavy atom. The minimum atomic E-state index is 0.339. The summed E-state index contributed by atoms with van der Waals surface area (Å²) >= 11 is 0. The number of nitriles is 1. The van der Waals surface area contributed by atoms with Crippen molar-refractivity contribution in [2.24, 2.45) is 15.7 Å². The molecule has 0 aliphatic rings. The summed E-state index contributed by atoms with van der Waals surface area (Å²) in [6.45, 7) is 0. The van der Waals surface area contributed by atoms with Gasteiger partial charge in [-0.2, -0.15) is 5.26 Å². The molecule has 0 saturated carbocycles. The molecule has 0 aliphatic carbocycles. The van der Waals surface area contributed by atoms with Crippen LogP contribution < -0.4 is 5.73 Å². The van der Waals surface area contributed by atoms with Crippen LogP contribution in [-0.4, -0.2) is 18.7 Å². The van der Waals surface area contributed by atoms with E-state index in [4.69, 9.17) is 11.0 Å². The van der Waals surface area contributed by atoms with Crippen molar-refractivity contribution < 1.29 is 0 Å². The van der Waals surface area contributed by atoms with Gasteiger partial charge < -0.3 is 5.73 Å². The Kier molecular flexibility index (Phi) is 4.25. The van der Waals surface area contributed by atoms with Gasteiger partial charge in [0.15, 0.2) is 5.84 Å². The summed E-state index contributed by atoms with van der Waals surface area (Å²) in [5, 5.41) is 8.90. The summed E-state index contributed by atoms with van der Waals surface area (Å²) in [6.07, 6.45) is 0. The molecule has 2 N–H and O–H groups in total. The zero-order valence-electron chi connectivity index (χ0n) is 11.1. The van der Waals surface area contributed by atoms with Crippen LogP contribution in [0.3, 0.4) is 0 Å². The maximum atomic E-state index is 8.90. The van der Waals surface area contributed by atoms with Crippen molar-refractivity contribution in [3.05, 3.63) is 71.3 Å². The van der Waals surface area contributed by atoms with Crippen molar-refractivity contribution in [2.45, 2.75) is 0 Å². The van der Waals surface area contributed by atoms with Crippen LogP contribution in [0.1, 0.15) is 16.7 Å². The molecule has 20 heavy (non-hydrogen) atoms. The number of nitrogens with zero attached hydrogens (tertiary/aromatic N) is 3. The van der Waals surface area contributed by atoms with Crippen LogP contribution in [0.4, 0.5) is 0 Å². The lowest BCUT2D eigenvalue weighted by Crippen LogP contribution is -2.16. The lowest BCUT2D eigenvalue weighted by atomic mass is 10.1. The second-order valence-electron chi connectivity index (χ2n) is 4.10. The Labute approximate surface area is 117 Å². The highest BCUT2D eigenvalue weighted by molar-refractivity contribution is 6.10. The SMILES string of the molecule is CN=C(N=C(N)c1cccc(C#N)c1)c1ccccc1. The summed E-state index contributed by atoms with van der Waals surface area (Å²) in [4.78, 5) is 8.50. The van der Waals surface area contributed by atoms with Crippen LogP contribution in [0.2, 0.25) is 0 Å². The Morgan fingerprint density at radius 1 is 1.05 bits per heavy atom. The molecule has 4 heteroatoms. The van der Waals surface area contributed by atoms with Gasteiger partial charge in [-0.15, -0.1) is 0 Å². The van der Waals surface area contributed by atoms with Gasteiger partial charge >= 0.3 is 0 Å². The highest BCUT2D eigenvalue weighted by atomic mass is 14.9. The van der Waals surface area contributed by atoms with Crippen LogP contribution in [0.25, 0.3) is 0 Å². The number of aliphatic imine (C=N–C) groups is 2. The third-order valence-electron chi connectivity index (χ3n) is 2.76. The molecular weight excluding hydrogens is 248 g/mol. The normalized spacial score (nSPS) is 12.0. The van der Waals surface area contributed by atoms with Crippen molar-refractivity contribution in [2.75, 3.05) is 7.05 Å².